The van der Waals surface area contributed by atoms with Crippen molar-refractivity contribution in [2.45, 2.75) is 19.9 Å². The molecule has 0 aliphatic rings. The summed E-state index contributed by atoms with van der Waals surface area (Å²) in [4.78, 5) is 9.92. The SMILES string of the molecule is CCCNc1ncc(Br)c(NCc2sccc2Br)n1. The molecule has 0 bridgehead atoms. The Morgan fingerprint density at radius 1 is 1.26 bits per heavy atom. The lowest BCUT2D eigenvalue weighted by Crippen LogP contribution is -2.07. The van der Waals surface area contributed by atoms with Crippen molar-refractivity contribution in [2.24, 2.45) is 0 Å². The third kappa shape index (κ3) is 4.15. The number of rotatable bonds is 6. The average Bonchev–Trinajstić information content (AvgIpc) is 2.82. The molecule has 2 aromatic heterocycles. The third-order valence-corrected chi connectivity index (χ3v) is 4.89. The molecular weight excluding hydrogens is 392 g/mol. The van der Waals surface area contributed by atoms with E-state index in [1.807, 2.05) is 6.07 Å². The molecule has 0 aliphatic heterocycles. The van der Waals surface area contributed by atoms with E-state index >= 15 is 0 Å². The second-order valence-electron chi connectivity index (χ2n) is 3.86. The topological polar surface area (TPSA) is 49.8 Å². The van der Waals surface area contributed by atoms with Crippen molar-refractivity contribution in [1.82, 2.24) is 9.97 Å². The number of nitrogens with one attached hydrogen (secondary N) is 2. The van der Waals surface area contributed by atoms with Gasteiger partial charge in [-0.05, 0) is 49.7 Å². The van der Waals surface area contributed by atoms with E-state index < -0.39 is 0 Å². The fourth-order valence-electron chi connectivity index (χ4n) is 1.43. The Morgan fingerprint density at radius 3 is 2.79 bits per heavy atom. The molecule has 7 heteroatoms. The minimum absolute atomic E-state index is 0.651. The maximum atomic E-state index is 4.45. The molecule has 2 rings (SSSR count). The number of anilines is 2. The van der Waals surface area contributed by atoms with E-state index in [0.29, 0.717) is 5.95 Å². The molecule has 0 aromatic carbocycles. The van der Waals surface area contributed by atoms with Gasteiger partial charge in [0, 0.05) is 22.1 Å². The fraction of sp³-hybridized carbons (Fsp3) is 0.333. The van der Waals surface area contributed by atoms with Gasteiger partial charge in [-0.15, -0.1) is 11.3 Å². The fourth-order valence-corrected chi connectivity index (χ4v) is 3.19. The number of aromatic nitrogens is 2. The second kappa shape index (κ2) is 7.21. The first-order valence-corrected chi connectivity index (χ1v) is 8.39. The van der Waals surface area contributed by atoms with Gasteiger partial charge in [0.05, 0.1) is 11.0 Å². The Kier molecular flexibility index (Phi) is 5.59. The van der Waals surface area contributed by atoms with Gasteiger partial charge in [-0.3, -0.25) is 0 Å². The maximum Gasteiger partial charge on any atom is 0.224 e. The molecule has 0 saturated heterocycles. The molecule has 102 valence electrons. The van der Waals surface area contributed by atoms with Crippen LogP contribution in [0.25, 0.3) is 0 Å². The van der Waals surface area contributed by atoms with Crippen LogP contribution in [0.1, 0.15) is 18.2 Å². The predicted molar refractivity (Wildman–Crippen MR) is 87.9 cm³/mol. The Balaban J connectivity index is 2.04. The summed E-state index contributed by atoms with van der Waals surface area (Å²) in [5, 5.41) is 8.55. The van der Waals surface area contributed by atoms with E-state index in [9.17, 15) is 0 Å². The summed E-state index contributed by atoms with van der Waals surface area (Å²) in [6, 6.07) is 2.05. The summed E-state index contributed by atoms with van der Waals surface area (Å²) in [5.41, 5.74) is 0. The van der Waals surface area contributed by atoms with Gasteiger partial charge in [0.15, 0.2) is 0 Å². The van der Waals surface area contributed by atoms with Crippen molar-refractivity contribution in [1.29, 1.82) is 0 Å². The van der Waals surface area contributed by atoms with Gasteiger partial charge in [-0.1, -0.05) is 6.92 Å². The van der Waals surface area contributed by atoms with Gasteiger partial charge in [0.1, 0.15) is 5.82 Å². The zero-order valence-corrected chi connectivity index (χ0v) is 14.4. The molecule has 0 fully saturated rings. The van der Waals surface area contributed by atoms with Gasteiger partial charge >= 0.3 is 0 Å². The van der Waals surface area contributed by atoms with Crippen LogP contribution in [0.5, 0.6) is 0 Å². The van der Waals surface area contributed by atoms with Crippen LogP contribution >= 0.6 is 43.2 Å². The Hall–Kier alpha value is -0.660. The lowest BCUT2D eigenvalue weighted by atomic mass is 10.4. The zero-order valence-electron chi connectivity index (χ0n) is 10.4. The van der Waals surface area contributed by atoms with Crippen LogP contribution in [0.3, 0.4) is 0 Å². The van der Waals surface area contributed by atoms with Crippen LogP contribution in [0.2, 0.25) is 0 Å². The van der Waals surface area contributed by atoms with Crippen molar-refractivity contribution < 1.29 is 0 Å². The van der Waals surface area contributed by atoms with Gasteiger partial charge in [0.25, 0.3) is 0 Å². The lowest BCUT2D eigenvalue weighted by molar-refractivity contribution is 0.949. The smallest absolute Gasteiger partial charge is 0.224 e. The number of halogens is 2. The standard InChI is InChI=1S/C12H14Br2N4S/c1-2-4-15-12-17-6-9(14)11(18-12)16-7-10-8(13)3-5-19-10/h3,5-6H,2,4,7H2,1H3,(H2,15,16,17,18). The van der Waals surface area contributed by atoms with Crippen LogP contribution in [0.4, 0.5) is 11.8 Å². The Labute approximate surface area is 133 Å². The molecule has 0 radical (unpaired) electrons. The molecule has 0 atom stereocenters. The van der Waals surface area contributed by atoms with Crippen molar-refractivity contribution in [3.8, 4) is 0 Å². The monoisotopic (exact) mass is 404 g/mol. The van der Waals surface area contributed by atoms with Gasteiger partial charge in [-0.25, -0.2) is 4.98 Å². The molecular formula is C12H14Br2N4S. The molecule has 2 N–H and O–H groups in total. The maximum absolute atomic E-state index is 4.45. The first-order chi connectivity index (χ1) is 9.20. The lowest BCUT2D eigenvalue weighted by Gasteiger charge is -2.09. The van der Waals surface area contributed by atoms with Crippen molar-refractivity contribution >= 4 is 55.0 Å². The highest BCUT2D eigenvalue weighted by atomic mass is 79.9. The quantitative estimate of drug-likeness (QED) is 0.742. The summed E-state index contributed by atoms with van der Waals surface area (Å²) in [7, 11) is 0. The van der Waals surface area contributed by atoms with Crippen LogP contribution < -0.4 is 10.6 Å². The minimum atomic E-state index is 0.651. The van der Waals surface area contributed by atoms with Crippen LogP contribution in [-0.2, 0) is 6.54 Å². The third-order valence-electron chi connectivity index (χ3n) is 2.38. The summed E-state index contributed by atoms with van der Waals surface area (Å²) < 4.78 is 1.99. The Bertz CT molecular complexity index is 544. The molecule has 4 nitrogen and oxygen atoms in total. The number of thiophene rings is 1. The molecule has 0 aliphatic carbocycles. The zero-order chi connectivity index (χ0) is 13.7. The van der Waals surface area contributed by atoms with E-state index in [4.69, 9.17) is 0 Å². The van der Waals surface area contributed by atoms with Crippen LogP contribution in [-0.4, -0.2) is 16.5 Å². The highest BCUT2D eigenvalue weighted by molar-refractivity contribution is 9.11. The molecule has 2 aromatic rings. The predicted octanol–water partition coefficient (Wildman–Crippen LogP) is 4.50. The minimum Gasteiger partial charge on any atom is -0.364 e. The molecule has 0 amide bonds. The normalized spacial score (nSPS) is 10.5. The van der Waals surface area contributed by atoms with Crippen molar-refractivity contribution in [3.05, 3.63) is 31.5 Å². The van der Waals surface area contributed by atoms with Gasteiger partial charge in [-0.2, -0.15) is 4.98 Å². The first-order valence-electron chi connectivity index (χ1n) is 5.93. The van der Waals surface area contributed by atoms with Crippen LogP contribution in [0.15, 0.2) is 26.6 Å². The average molecular weight is 406 g/mol. The number of nitrogens with zero attached hydrogens (tertiary/aromatic N) is 2. The van der Waals surface area contributed by atoms with Crippen molar-refractivity contribution in [3.63, 3.8) is 0 Å². The Morgan fingerprint density at radius 2 is 2.11 bits per heavy atom. The number of hydrogen-bond acceptors (Lipinski definition) is 5. The summed E-state index contributed by atoms with van der Waals surface area (Å²) >= 11 is 8.69. The summed E-state index contributed by atoms with van der Waals surface area (Å²) in [6.07, 6.45) is 2.81. The highest BCUT2D eigenvalue weighted by Crippen LogP contribution is 2.25. The van der Waals surface area contributed by atoms with E-state index in [1.165, 1.54) is 4.88 Å². The van der Waals surface area contributed by atoms with Crippen molar-refractivity contribution in [2.75, 3.05) is 17.2 Å². The van der Waals surface area contributed by atoms with E-state index in [0.717, 1.165) is 34.3 Å². The van der Waals surface area contributed by atoms with E-state index in [2.05, 4.69) is 64.8 Å². The van der Waals surface area contributed by atoms with Gasteiger partial charge < -0.3 is 10.6 Å². The molecule has 2 heterocycles. The molecule has 0 saturated carbocycles. The number of hydrogen-bond donors (Lipinski definition) is 2. The first kappa shape index (κ1) is 14.7. The summed E-state index contributed by atoms with van der Waals surface area (Å²) in [5.74, 6) is 1.45. The van der Waals surface area contributed by atoms with E-state index in [-0.39, 0.29) is 0 Å². The molecule has 0 unspecified atom stereocenters. The van der Waals surface area contributed by atoms with Gasteiger partial charge in [0.2, 0.25) is 5.95 Å². The molecule has 0 spiro atoms. The summed E-state index contributed by atoms with van der Waals surface area (Å²) in [6.45, 7) is 3.72. The second-order valence-corrected chi connectivity index (χ2v) is 6.57. The highest BCUT2D eigenvalue weighted by Gasteiger charge is 2.06. The van der Waals surface area contributed by atoms with E-state index in [1.54, 1.807) is 17.5 Å². The largest absolute Gasteiger partial charge is 0.364 e. The van der Waals surface area contributed by atoms with Crippen LogP contribution in [0, 0.1) is 0 Å². The molecule has 19 heavy (non-hydrogen) atoms.